The average Bonchev–Trinajstić information content (AvgIpc) is 2.41. The fourth-order valence-electron chi connectivity index (χ4n) is 4.02. The summed E-state index contributed by atoms with van der Waals surface area (Å²) in [4.78, 5) is 2.73. The van der Waals surface area contributed by atoms with Gasteiger partial charge in [0.25, 0.3) is 0 Å². The molecule has 3 heteroatoms. The minimum absolute atomic E-state index is 0.318. The van der Waals surface area contributed by atoms with E-state index in [2.05, 4.69) is 4.90 Å². The fraction of sp³-hybridized carbons (Fsp3) is 1.00. The number of ether oxygens (including phenoxy) is 1. The number of rotatable bonds is 4. The predicted molar refractivity (Wildman–Crippen MR) is 80.3 cm³/mol. The van der Waals surface area contributed by atoms with Gasteiger partial charge >= 0.3 is 0 Å². The first-order valence-corrected chi connectivity index (χ1v) is 8.25. The summed E-state index contributed by atoms with van der Waals surface area (Å²) < 4.78 is 5.31. The van der Waals surface area contributed by atoms with E-state index in [1.54, 1.807) is 0 Å². The Kier molecular flexibility index (Phi) is 6.11. The van der Waals surface area contributed by atoms with Gasteiger partial charge in [-0.15, -0.1) is 0 Å². The molecule has 0 amide bonds. The third-order valence-corrected chi connectivity index (χ3v) is 5.35. The van der Waals surface area contributed by atoms with Crippen molar-refractivity contribution in [1.29, 1.82) is 0 Å². The first kappa shape index (κ1) is 15.3. The van der Waals surface area contributed by atoms with Gasteiger partial charge in [-0.2, -0.15) is 0 Å². The second-order valence-corrected chi connectivity index (χ2v) is 6.58. The number of hydrogen-bond acceptors (Lipinski definition) is 3. The Hall–Kier alpha value is -0.120. The normalized spacial score (nSPS) is 26.8. The molecule has 0 aromatic rings. The molecule has 1 saturated carbocycles. The highest BCUT2D eigenvalue weighted by atomic mass is 16.5. The maximum Gasteiger partial charge on any atom is 0.0491 e. The fourth-order valence-corrected chi connectivity index (χ4v) is 4.02. The summed E-state index contributed by atoms with van der Waals surface area (Å²) in [6.45, 7) is 4.24. The van der Waals surface area contributed by atoms with Crippen LogP contribution < -0.4 is 5.73 Å². The number of nitrogens with zero attached hydrogens (tertiary/aromatic N) is 1. The van der Waals surface area contributed by atoms with Gasteiger partial charge in [-0.05, 0) is 44.7 Å². The molecule has 112 valence electrons. The van der Waals surface area contributed by atoms with Crippen LogP contribution in [0.5, 0.6) is 0 Å². The minimum Gasteiger partial charge on any atom is -0.384 e. The lowest BCUT2D eigenvalue weighted by Gasteiger charge is -2.47. The Morgan fingerprint density at radius 2 is 1.63 bits per heavy atom. The Morgan fingerprint density at radius 3 is 2.16 bits per heavy atom. The molecule has 2 aliphatic rings. The van der Waals surface area contributed by atoms with Crippen molar-refractivity contribution in [3.63, 3.8) is 0 Å². The second-order valence-electron chi connectivity index (χ2n) is 6.58. The highest BCUT2D eigenvalue weighted by molar-refractivity contribution is 4.94. The number of nitrogens with two attached hydrogens (primary N) is 1. The van der Waals surface area contributed by atoms with Gasteiger partial charge in [-0.1, -0.05) is 32.1 Å². The van der Waals surface area contributed by atoms with Crippen LogP contribution in [-0.2, 0) is 4.74 Å². The Balaban J connectivity index is 1.92. The van der Waals surface area contributed by atoms with Crippen LogP contribution in [0.4, 0.5) is 0 Å². The molecule has 2 N–H and O–H groups in total. The Bertz CT molecular complexity index is 241. The molecule has 2 rings (SSSR count). The second kappa shape index (κ2) is 7.61. The van der Waals surface area contributed by atoms with Crippen LogP contribution in [0.2, 0.25) is 0 Å². The summed E-state index contributed by atoms with van der Waals surface area (Å²) in [5, 5.41) is 0. The molecular formula is C16H32N2O. The molecule has 1 aliphatic carbocycles. The maximum atomic E-state index is 6.22. The van der Waals surface area contributed by atoms with E-state index in [-0.39, 0.29) is 0 Å². The van der Waals surface area contributed by atoms with Crippen molar-refractivity contribution < 1.29 is 4.74 Å². The van der Waals surface area contributed by atoms with Crippen molar-refractivity contribution in [2.45, 2.75) is 63.3 Å². The topological polar surface area (TPSA) is 38.5 Å². The van der Waals surface area contributed by atoms with Gasteiger partial charge in [-0.3, -0.25) is 4.90 Å². The maximum absolute atomic E-state index is 6.22. The van der Waals surface area contributed by atoms with E-state index < -0.39 is 0 Å². The predicted octanol–water partition coefficient (Wildman–Crippen LogP) is 2.79. The summed E-state index contributed by atoms with van der Waals surface area (Å²) in [6, 6.07) is 0. The quantitative estimate of drug-likeness (QED) is 0.852. The van der Waals surface area contributed by atoms with E-state index in [9.17, 15) is 0 Å². The van der Waals surface area contributed by atoms with Crippen LogP contribution in [0.15, 0.2) is 0 Å². The summed E-state index contributed by atoms with van der Waals surface area (Å²) in [7, 11) is 1.82. The molecular weight excluding hydrogens is 236 g/mol. The van der Waals surface area contributed by atoms with Crippen LogP contribution in [-0.4, -0.2) is 43.8 Å². The number of likely N-dealkylation sites (tertiary alicyclic amines) is 1. The van der Waals surface area contributed by atoms with Gasteiger partial charge in [0.2, 0.25) is 0 Å². The molecule has 0 bridgehead atoms. The smallest absolute Gasteiger partial charge is 0.0491 e. The molecule has 3 nitrogen and oxygen atoms in total. The third kappa shape index (κ3) is 3.93. The van der Waals surface area contributed by atoms with Crippen LogP contribution in [0, 0.1) is 5.92 Å². The van der Waals surface area contributed by atoms with Gasteiger partial charge in [0.15, 0.2) is 0 Å². The van der Waals surface area contributed by atoms with Crippen molar-refractivity contribution >= 4 is 0 Å². The molecule has 0 unspecified atom stereocenters. The van der Waals surface area contributed by atoms with Gasteiger partial charge in [0, 0.05) is 25.8 Å². The van der Waals surface area contributed by atoms with Crippen LogP contribution >= 0.6 is 0 Å². The Morgan fingerprint density at radius 1 is 1.05 bits per heavy atom. The van der Waals surface area contributed by atoms with E-state index in [4.69, 9.17) is 10.5 Å². The molecule has 0 atom stereocenters. The molecule has 0 radical (unpaired) electrons. The first-order valence-electron chi connectivity index (χ1n) is 8.25. The summed E-state index contributed by atoms with van der Waals surface area (Å²) in [5.41, 5.74) is 6.53. The Labute approximate surface area is 118 Å². The zero-order valence-electron chi connectivity index (χ0n) is 12.7. The van der Waals surface area contributed by atoms with Gasteiger partial charge in [0.1, 0.15) is 0 Å². The van der Waals surface area contributed by atoms with E-state index in [0.717, 1.165) is 19.1 Å². The SMILES string of the molecule is COCC1CCN(C2(CN)CCCCCCC2)CC1. The third-order valence-electron chi connectivity index (χ3n) is 5.35. The van der Waals surface area contributed by atoms with Crippen molar-refractivity contribution in [3.05, 3.63) is 0 Å². The zero-order chi connectivity index (χ0) is 13.6. The van der Waals surface area contributed by atoms with Gasteiger partial charge in [-0.25, -0.2) is 0 Å². The highest BCUT2D eigenvalue weighted by Gasteiger charge is 2.37. The van der Waals surface area contributed by atoms with Crippen LogP contribution in [0.3, 0.4) is 0 Å². The average molecular weight is 268 g/mol. The molecule has 1 heterocycles. The molecule has 0 spiro atoms. The molecule has 0 aromatic carbocycles. The zero-order valence-corrected chi connectivity index (χ0v) is 12.7. The van der Waals surface area contributed by atoms with Crippen molar-refractivity contribution in [2.75, 3.05) is 33.4 Å². The molecule has 1 aliphatic heterocycles. The molecule has 0 aromatic heterocycles. The highest BCUT2D eigenvalue weighted by Crippen LogP contribution is 2.34. The summed E-state index contributed by atoms with van der Waals surface area (Å²) in [6.07, 6.45) is 12.2. The summed E-state index contributed by atoms with van der Waals surface area (Å²) in [5.74, 6) is 0.768. The van der Waals surface area contributed by atoms with E-state index >= 15 is 0 Å². The molecule has 1 saturated heterocycles. The van der Waals surface area contributed by atoms with Crippen molar-refractivity contribution in [2.24, 2.45) is 11.7 Å². The number of methoxy groups -OCH3 is 1. The van der Waals surface area contributed by atoms with Crippen LogP contribution in [0.1, 0.15) is 57.8 Å². The van der Waals surface area contributed by atoms with E-state index in [1.165, 1.54) is 70.9 Å². The van der Waals surface area contributed by atoms with Crippen LogP contribution in [0.25, 0.3) is 0 Å². The molecule has 19 heavy (non-hydrogen) atoms. The lowest BCUT2D eigenvalue weighted by Crippen LogP contribution is -2.56. The van der Waals surface area contributed by atoms with Gasteiger partial charge < -0.3 is 10.5 Å². The van der Waals surface area contributed by atoms with E-state index in [1.807, 2.05) is 7.11 Å². The van der Waals surface area contributed by atoms with Crippen molar-refractivity contribution in [3.8, 4) is 0 Å². The first-order chi connectivity index (χ1) is 9.30. The summed E-state index contributed by atoms with van der Waals surface area (Å²) >= 11 is 0. The van der Waals surface area contributed by atoms with Gasteiger partial charge in [0.05, 0.1) is 0 Å². The monoisotopic (exact) mass is 268 g/mol. The lowest BCUT2D eigenvalue weighted by molar-refractivity contribution is 0.0187. The minimum atomic E-state index is 0.318. The lowest BCUT2D eigenvalue weighted by atomic mass is 9.80. The number of piperidine rings is 1. The largest absolute Gasteiger partial charge is 0.384 e. The van der Waals surface area contributed by atoms with Crippen molar-refractivity contribution in [1.82, 2.24) is 4.90 Å². The molecule has 2 fully saturated rings. The van der Waals surface area contributed by atoms with E-state index in [0.29, 0.717) is 5.54 Å². The number of hydrogen-bond donors (Lipinski definition) is 1. The standard InChI is InChI=1S/C16H32N2O/c1-19-13-15-7-11-18(12-8-15)16(14-17)9-5-3-2-4-6-10-16/h15H,2-14,17H2,1H3.